The maximum Gasteiger partial charge on any atom is 0.492 e. The summed E-state index contributed by atoms with van der Waals surface area (Å²) in [4.78, 5) is 27.5. The number of rotatable bonds is 7. The van der Waals surface area contributed by atoms with Gasteiger partial charge >= 0.3 is 19.2 Å². The maximum atomic E-state index is 12.3. The molecular weight excluding hydrogens is 411 g/mol. The first-order valence-corrected chi connectivity index (χ1v) is 10.3. The molecule has 1 aliphatic heterocycles. The fourth-order valence-electron chi connectivity index (χ4n) is 3.01. The zero-order valence-corrected chi connectivity index (χ0v) is 18.6. The molecule has 8 nitrogen and oxygen atoms in total. The summed E-state index contributed by atoms with van der Waals surface area (Å²) in [5, 5.41) is 12.0. The number of hydrogen-bond donors (Lipinski definition) is 2. The number of carbonyl (C=O) groups is 2. The lowest BCUT2D eigenvalue weighted by molar-refractivity contribution is 0.00578. The van der Waals surface area contributed by atoms with E-state index in [1.54, 1.807) is 6.08 Å². The van der Waals surface area contributed by atoms with Gasteiger partial charge in [-0.05, 0) is 50.4 Å². The van der Waals surface area contributed by atoms with Crippen molar-refractivity contribution in [3.63, 3.8) is 0 Å². The summed E-state index contributed by atoms with van der Waals surface area (Å²) >= 11 is 0. The van der Waals surface area contributed by atoms with Crippen molar-refractivity contribution in [2.75, 3.05) is 6.54 Å². The predicted molar refractivity (Wildman–Crippen MR) is 120 cm³/mol. The molecule has 32 heavy (non-hydrogen) atoms. The Hall–Kier alpha value is -3.17. The van der Waals surface area contributed by atoms with Crippen molar-refractivity contribution in [2.45, 2.75) is 45.5 Å². The van der Waals surface area contributed by atoms with E-state index >= 15 is 0 Å². The molecule has 1 aromatic heterocycles. The van der Waals surface area contributed by atoms with Gasteiger partial charge in [0.25, 0.3) is 0 Å². The van der Waals surface area contributed by atoms with Gasteiger partial charge in [0, 0.05) is 18.9 Å². The normalized spacial score (nSPS) is 17.1. The predicted octanol–water partition coefficient (Wildman–Crippen LogP) is 3.72. The number of aromatic carboxylic acids is 1. The van der Waals surface area contributed by atoms with Crippen LogP contribution in [0.5, 0.6) is 0 Å². The van der Waals surface area contributed by atoms with E-state index in [0.29, 0.717) is 11.0 Å². The van der Waals surface area contributed by atoms with Gasteiger partial charge in [0.15, 0.2) is 0 Å². The van der Waals surface area contributed by atoms with E-state index in [2.05, 4.69) is 10.3 Å². The number of alkyl carbamates (subject to hydrolysis) is 1. The van der Waals surface area contributed by atoms with Crippen molar-refractivity contribution in [3.8, 4) is 0 Å². The van der Waals surface area contributed by atoms with E-state index in [9.17, 15) is 14.7 Å². The van der Waals surface area contributed by atoms with Crippen molar-refractivity contribution in [2.24, 2.45) is 0 Å². The molecule has 2 aromatic rings. The number of aromatic nitrogens is 1. The van der Waals surface area contributed by atoms with Gasteiger partial charge in [-0.25, -0.2) is 9.59 Å². The highest BCUT2D eigenvalue weighted by molar-refractivity contribution is 6.56. The van der Waals surface area contributed by atoms with Crippen LogP contribution in [0.25, 0.3) is 6.08 Å². The summed E-state index contributed by atoms with van der Waals surface area (Å²) < 4.78 is 17.5. The third kappa shape index (κ3) is 5.75. The third-order valence-electron chi connectivity index (χ3n) is 5.56. The zero-order chi connectivity index (χ0) is 23.4. The van der Waals surface area contributed by atoms with Gasteiger partial charge in [0.05, 0.1) is 16.8 Å². The monoisotopic (exact) mass is 438 g/mol. The minimum absolute atomic E-state index is 0.0576. The molecule has 0 unspecified atom stereocenters. The van der Waals surface area contributed by atoms with Crippen molar-refractivity contribution < 1.29 is 28.7 Å². The second-order valence-corrected chi connectivity index (χ2v) is 8.53. The summed E-state index contributed by atoms with van der Waals surface area (Å²) in [5.41, 5.74) is 0.930. The van der Waals surface area contributed by atoms with Crippen molar-refractivity contribution in [1.82, 2.24) is 10.3 Å². The fourth-order valence-corrected chi connectivity index (χ4v) is 3.01. The van der Waals surface area contributed by atoms with E-state index in [1.807, 2.05) is 58.0 Å². The van der Waals surface area contributed by atoms with Gasteiger partial charge < -0.3 is 24.5 Å². The number of benzene rings is 1. The number of ether oxygens (including phenoxy) is 1. The summed E-state index contributed by atoms with van der Waals surface area (Å²) in [6, 6.07) is 10.9. The first-order chi connectivity index (χ1) is 15.1. The Balaban J connectivity index is 1.76. The SMILES string of the molecule is CC1(C)OB(C(=Cc2cncc(C(=O)O)c2)CNC(=O)OCc2ccccc2)OC1(C)C. The lowest BCUT2D eigenvalue weighted by Gasteiger charge is -2.32. The number of carboxylic acid groups (broad SMARTS) is 1. The van der Waals surface area contributed by atoms with E-state index in [-0.39, 0.29) is 18.7 Å². The van der Waals surface area contributed by atoms with Gasteiger partial charge in [-0.3, -0.25) is 4.98 Å². The van der Waals surface area contributed by atoms with Crippen LogP contribution in [0, 0.1) is 0 Å². The molecule has 0 radical (unpaired) electrons. The smallest absolute Gasteiger partial charge is 0.478 e. The molecule has 1 aromatic carbocycles. The molecule has 1 aliphatic rings. The van der Waals surface area contributed by atoms with Crippen LogP contribution in [0.15, 0.2) is 54.3 Å². The van der Waals surface area contributed by atoms with E-state index in [1.165, 1.54) is 18.5 Å². The minimum Gasteiger partial charge on any atom is -0.478 e. The fraction of sp³-hybridized carbons (Fsp3) is 0.348. The minimum atomic E-state index is -1.08. The molecule has 2 heterocycles. The second kappa shape index (κ2) is 9.54. The quantitative estimate of drug-likeness (QED) is 0.635. The van der Waals surface area contributed by atoms with Crippen LogP contribution < -0.4 is 5.32 Å². The van der Waals surface area contributed by atoms with Crippen LogP contribution in [0.3, 0.4) is 0 Å². The molecule has 0 atom stereocenters. The van der Waals surface area contributed by atoms with Crippen molar-refractivity contribution in [1.29, 1.82) is 0 Å². The van der Waals surface area contributed by atoms with Crippen LogP contribution in [0.2, 0.25) is 0 Å². The molecule has 0 spiro atoms. The third-order valence-corrected chi connectivity index (χ3v) is 5.56. The Morgan fingerprint density at radius 2 is 1.78 bits per heavy atom. The molecule has 0 aliphatic carbocycles. The second-order valence-electron chi connectivity index (χ2n) is 8.53. The molecule has 1 saturated heterocycles. The standard InChI is InChI=1S/C23H27BN2O6/c1-22(2)23(3,4)32-24(31-22)19(11-17-10-18(20(27)28)13-25-12-17)14-26-21(29)30-15-16-8-6-5-7-9-16/h5-13H,14-15H2,1-4H3,(H,26,29)(H,27,28). The Morgan fingerprint density at radius 1 is 1.12 bits per heavy atom. The maximum absolute atomic E-state index is 12.3. The highest BCUT2D eigenvalue weighted by Crippen LogP contribution is 2.38. The first-order valence-electron chi connectivity index (χ1n) is 10.3. The lowest BCUT2D eigenvalue weighted by Crippen LogP contribution is -2.41. The average molecular weight is 438 g/mol. The van der Waals surface area contributed by atoms with Crippen LogP contribution in [-0.4, -0.2) is 47.0 Å². The summed E-state index contributed by atoms with van der Waals surface area (Å²) in [7, 11) is -0.733. The van der Waals surface area contributed by atoms with Gasteiger partial charge in [0.2, 0.25) is 0 Å². The molecular formula is C23H27BN2O6. The van der Waals surface area contributed by atoms with Crippen LogP contribution in [0.1, 0.15) is 49.2 Å². The molecule has 1 fully saturated rings. The summed E-state index contributed by atoms with van der Waals surface area (Å²) in [6.07, 6.45) is 3.92. The average Bonchev–Trinajstić information content (AvgIpc) is 2.97. The highest BCUT2D eigenvalue weighted by atomic mass is 16.7. The molecule has 1 amide bonds. The number of amides is 1. The van der Waals surface area contributed by atoms with Gasteiger partial charge in [-0.15, -0.1) is 0 Å². The number of nitrogens with one attached hydrogen (secondary N) is 1. The lowest BCUT2D eigenvalue weighted by atomic mass is 9.77. The van der Waals surface area contributed by atoms with Crippen molar-refractivity contribution >= 4 is 25.3 Å². The summed E-state index contributed by atoms with van der Waals surface area (Å²) in [5.74, 6) is -1.08. The van der Waals surface area contributed by atoms with E-state index in [0.717, 1.165) is 5.56 Å². The molecule has 9 heteroatoms. The molecule has 3 rings (SSSR count). The first kappa shape index (κ1) is 23.5. The molecule has 0 saturated carbocycles. The van der Waals surface area contributed by atoms with Crippen molar-refractivity contribution in [3.05, 3.63) is 71.0 Å². The van der Waals surface area contributed by atoms with Crippen LogP contribution >= 0.6 is 0 Å². The Kier molecular flexibility index (Phi) is 7.01. The van der Waals surface area contributed by atoms with Crippen LogP contribution in [-0.2, 0) is 20.7 Å². The number of nitrogens with zero attached hydrogens (tertiary/aromatic N) is 1. The van der Waals surface area contributed by atoms with E-state index < -0.39 is 30.4 Å². The summed E-state index contributed by atoms with van der Waals surface area (Å²) in [6.45, 7) is 7.95. The Labute approximate surface area is 187 Å². The van der Waals surface area contributed by atoms with Gasteiger partial charge in [-0.2, -0.15) is 0 Å². The molecule has 0 bridgehead atoms. The zero-order valence-electron chi connectivity index (χ0n) is 18.6. The van der Waals surface area contributed by atoms with E-state index in [4.69, 9.17) is 14.0 Å². The number of carbonyl (C=O) groups excluding carboxylic acids is 1. The Bertz CT molecular complexity index is 991. The number of hydrogen-bond acceptors (Lipinski definition) is 6. The molecule has 168 valence electrons. The van der Waals surface area contributed by atoms with Gasteiger partial charge in [0.1, 0.15) is 6.61 Å². The topological polar surface area (TPSA) is 107 Å². The van der Waals surface area contributed by atoms with Crippen LogP contribution in [0.4, 0.5) is 4.79 Å². The van der Waals surface area contributed by atoms with Gasteiger partial charge in [-0.1, -0.05) is 36.4 Å². The highest BCUT2D eigenvalue weighted by Gasteiger charge is 2.52. The number of carboxylic acids is 1. The number of pyridine rings is 1. The largest absolute Gasteiger partial charge is 0.492 e. The molecule has 2 N–H and O–H groups in total. The Morgan fingerprint density at radius 3 is 2.41 bits per heavy atom.